The van der Waals surface area contributed by atoms with Crippen LogP contribution < -0.4 is 5.73 Å². The molecule has 2 aromatic rings. The first kappa shape index (κ1) is 11.0. The maximum atomic E-state index is 6.46. The predicted octanol–water partition coefficient (Wildman–Crippen LogP) is 3.52. The summed E-state index contributed by atoms with van der Waals surface area (Å²) in [4.78, 5) is 4.65. The van der Waals surface area contributed by atoms with Crippen molar-refractivity contribution in [1.82, 2.24) is 4.98 Å². The first-order chi connectivity index (χ1) is 8.28. The van der Waals surface area contributed by atoms with E-state index in [1.807, 2.05) is 17.5 Å². The van der Waals surface area contributed by atoms with E-state index in [2.05, 4.69) is 4.98 Å². The second-order valence-electron chi connectivity index (χ2n) is 4.73. The SMILES string of the molecule is NC1(c2nc(-c3ccco3)cs2)CCCCC1. The van der Waals surface area contributed by atoms with Gasteiger partial charge in [0.2, 0.25) is 0 Å². The molecule has 1 saturated carbocycles. The van der Waals surface area contributed by atoms with Gasteiger partial charge in [0, 0.05) is 5.38 Å². The van der Waals surface area contributed by atoms with Gasteiger partial charge in [-0.2, -0.15) is 0 Å². The van der Waals surface area contributed by atoms with Crippen molar-refractivity contribution in [3.05, 3.63) is 28.8 Å². The van der Waals surface area contributed by atoms with Crippen LogP contribution in [0.15, 0.2) is 28.2 Å². The highest BCUT2D eigenvalue weighted by Gasteiger charge is 2.32. The lowest BCUT2D eigenvalue weighted by Gasteiger charge is -2.31. The quantitative estimate of drug-likeness (QED) is 0.884. The Labute approximate surface area is 105 Å². The van der Waals surface area contributed by atoms with Gasteiger partial charge < -0.3 is 10.2 Å². The van der Waals surface area contributed by atoms with E-state index in [4.69, 9.17) is 10.2 Å². The molecule has 0 saturated heterocycles. The maximum Gasteiger partial charge on any atom is 0.153 e. The fraction of sp³-hybridized carbons (Fsp3) is 0.462. The van der Waals surface area contributed by atoms with Gasteiger partial charge in [0.15, 0.2) is 5.76 Å². The Morgan fingerprint density at radius 3 is 2.82 bits per heavy atom. The van der Waals surface area contributed by atoms with Gasteiger partial charge in [-0.05, 0) is 25.0 Å². The predicted molar refractivity (Wildman–Crippen MR) is 68.8 cm³/mol. The van der Waals surface area contributed by atoms with E-state index in [9.17, 15) is 0 Å². The largest absolute Gasteiger partial charge is 0.463 e. The number of hydrogen-bond acceptors (Lipinski definition) is 4. The molecule has 1 fully saturated rings. The van der Waals surface area contributed by atoms with Crippen molar-refractivity contribution in [1.29, 1.82) is 0 Å². The Bertz CT molecular complexity index is 483. The van der Waals surface area contributed by atoms with Gasteiger partial charge in [0.05, 0.1) is 11.8 Å². The van der Waals surface area contributed by atoms with Crippen molar-refractivity contribution in [2.24, 2.45) is 5.73 Å². The molecule has 90 valence electrons. The minimum absolute atomic E-state index is 0.201. The van der Waals surface area contributed by atoms with Crippen LogP contribution >= 0.6 is 11.3 Å². The van der Waals surface area contributed by atoms with Crippen LogP contribution in [0, 0.1) is 0 Å². The number of hydrogen-bond donors (Lipinski definition) is 1. The fourth-order valence-corrected chi connectivity index (χ4v) is 3.42. The number of thiazole rings is 1. The summed E-state index contributed by atoms with van der Waals surface area (Å²) in [7, 11) is 0. The summed E-state index contributed by atoms with van der Waals surface area (Å²) in [5.74, 6) is 0.826. The molecule has 0 radical (unpaired) electrons. The van der Waals surface area contributed by atoms with Crippen molar-refractivity contribution in [3.63, 3.8) is 0 Å². The summed E-state index contributed by atoms with van der Waals surface area (Å²) < 4.78 is 5.36. The number of nitrogens with two attached hydrogens (primary N) is 1. The van der Waals surface area contributed by atoms with E-state index in [0.29, 0.717) is 0 Å². The van der Waals surface area contributed by atoms with Crippen LogP contribution in [0.5, 0.6) is 0 Å². The first-order valence-corrected chi connectivity index (χ1v) is 6.95. The molecule has 1 aliphatic carbocycles. The van der Waals surface area contributed by atoms with Crippen molar-refractivity contribution in [2.75, 3.05) is 0 Å². The number of aromatic nitrogens is 1. The average Bonchev–Trinajstić information content (AvgIpc) is 3.01. The monoisotopic (exact) mass is 248 g/mol. The van der Waals surface area contributed by atoms with Crippen molar-refractivity contribution >= 4 is 11.3 Å². The molecule has 0 amide bonds. The third-order valence-electron chi connectivity index (χ3n) is 3.45. The summed E-state index contributed by atoms with van der Waals surface area (Å²) in [5.41, 5.74) is 7.17. The summed E-state index contributed by atoms with van der Waals surface area (Å²) >= 11 is 1.66. The molecular formula is C13H16N2OS. The zero-order valence-corrected chi connectivity index (χ0v) is 10.5. The molecule has 0 bridgehead atoms. The van der Waals surface area contributed by atoms with Gasteiger partial charge in [-0.3, -0.25) is 0 Å². The van der Waals surface area contributed by atoms with Crippen LogP contribution in [0.25, 0.3) is 11.5 Å². The molecule has 0 aromatic carbocycles. The van der Waals surface area contributed by atoms with Crippen LogP contribution in [0.1, 0.15) is 37.1 Å². The van der Waals surface area contributed by atoms with E-state index >= 15 is 0 Å². The molecule has 0 spiro atoms. The summed E-state index contributed by atoms with van der Waals surface area (Å²) in [6.07, 6.45) is 7.51. The zero-order valence-electron chi connectivity index (χ0n) is 9.69. The van der Waals surface area contributed by atoms with Crippen LogP contribution in [-0.2, 0) is 5.54 Å². The lowest BCUT2D eigenvalue weighted by Crippen LogP contribution is -2.38. The van der Waals surface area contributed by atoms with Crippen LogP contribution in [0.4, 0.5) is 0 Å². The van der Waals surface area contributed by atoms with Gasteiger partial charge in [0.1, 0.15) is 10.7 Å². The molecule has 2 aromatic heterocycles. The third-order valence-corrected chi connectivity index (χ3v) is 4.51. The topological polar surface area (TPSA) is 52.0 Å². The Balaban J connectivity index is 1.89. The lowest BCUT2D eigenvalue weighted by molar-refractivity contribution is 0.301. The van der Waals surface area contributed by atoms with E-state index in [0.717, 1.165) is 29.3 Å². The minimum Gasteiger partial charge on any atom is -0.463 e. The Morgan fingerprint density at radius 1 is 1.29 bits per heavy atom. The summed E-state index contributed by atoms with van der Waals surface area (Å²) in [6, 6.07) is 3.82. The van der Waals surface area contributed by atoms with E-state index in [1.165, 1.54) is 19.3 Å². The highest BCUT2D eigenvalue weighted by atomic mass is 32.1. The Kier molecular flexibility index (Phi) is 2.76. The van der Waals surface area contributed by atoms with Crippen LogP contribution in [0.2, 0.25) is 0 Å². The fourth-order valence-electron chi connectivity index (χ4n) is 2.44. The summed E-state index contributed by atoms with van der Waals surface area (Å²) in [6.45, 7) is 0. The zero-order chi connectivity index (χ0) is 11.7. The second kappa shape index (κ2) is 4.27. The maximum absolute atomic E-state index is 6.46. The van der Waals surface area contributed by atoms with Gasteiger partial charge in [0.25, 0.3) is 0 Å². The summed E-state index contributed by atoms with van der Waals surface area (Å²) in [5, 5.41) is 3.10. The van der Waals surface area contributed by atoms with Gasteiger partial charge >= 0.3 is 0 Å². The van der Waals surface area contributed by atoms with Gasteiger partial charge in [-0.25, -0.2) is 4.98 Å². The average molecular weight is 248 g/mol. The third kappa shape index (κ3) is 2.03. The van der Waals surface area contributed by atoms with E-state index in [1.54, 1.807) is 17.6 Å². The molecule has 3 nitrogen and oxygen atoms in total. The molecule has 17 heavy (non-hydrogen) atoms. The number of furan rings is 1. The Hall–Kier alpha value is -1.13. The van der Waals surface area contributed by atoms with Crippen molar-refractivity contribution in [3.8, 4) is 11.5 Å². The normalized spacial score (nSPS) is 19.4. The standard InChI is InChI=1S/C13H16N2OS/c14-13(6-2-1-3-7-13)12-15-10(9-17-12)11-5-4-8-16-11/h4-5,8-9H,1-3,6-7,14H2. The second-order valence-corrected chi connectivity index (χ2v) is 5.59. The molecular weight excluding hydrogens is 232 g/mol. The number of nitrogens with zero attached hydrogens (tertiary/aromatic N) is 1. The van der Waals surface area contributed by atoms with E-state index < -0.39 is 0 Å². The molecule has 1 aliphatic rings. The first-order valence-electron chi connectivity index (χ1n) is 6.07. The molecule has 3 rings (SSSR count). The van der Waals surface area contributed by atoms with Crippen molar-refractivity contribution in [2.45, 2.75) is 37.6 Å². The highest BCUT2D eigenvalue weighted by molar-refractivity contribution is 7.10. The molecule has 2 N–H and O–H groups in total. The molecule has 2 heterocycles. The minimum atomic E-state index is -0.201. The van der Waals surface area contributed by atoms with E-state index in [-0.39, 0.29) is 5.54 Å². The lowest BCUT2D eigenvalue weighted by atomic mass is 9.83. The van der Waals surface area contributed by atoms with Crippen LogP contribution in [-0.4, -0.2) is 4.98 Å². The molecule has 0 unspecified atom stereocenters. The van der Waals surface area contributed by atoms with Crippen LogP contribution in [0.3, 0.4) is 0 Å². The molecule has 0 atom stereocenters. The van der Waals surface area contributed by atoms with Crippen molar-refractivity contribution < 1.29 is 4.42 Å². The van der Waals surface area contributed by atoms with Gasteiger partial charge in [-0.1, -0.05) is 19.3 Å². The van der Waals surface area contributed by atoms with Gasteiger partial charge in [-0.15, -0.1) is 11.3 Å². The highest BCUT2D eigenvalue weighted by Crippen LogP contribution is 2.37. The smallest absolute Gasteiger partial charge is 0.153 e. The number of rotatable bonds is 2. The Morgan fingerprint density at radius 2 is 2.12 bits per heavy atom. The molecule has 4 heteroatoms. The molecule has 0 aliphatic heterocycles.